The molecule has 1 aliphatic carbocycles. The molecule has 1 rings (SSSR count). The zero-order chi connectivity index (χ0) is 6.69. The zero-order valence-electron chi connectivity index (χ0n) is 5.40. The Hall–Kier alpha value is -0.0400. The Kier molecular flexibility index (Phi) is 2.52. The Balaban J connectivity index is 2.32. The molecule has 1 saturated carbocycles. The number of alkyl halides is 1. The smallest absolute Gasteiger partial charge is 0.133 e. The molecule has 0 radical (unpaired) electrons. The van der Waals surface area contributed by atoms with E-state index in [4.69, 9.17) is 11.6 Å². The van der Waals surface area contributed by atoms with Crippen molar-refractivity contribution in [3.05, 3.63) is 0 Å². The van der Waals surface area contributed by atoms with Gasteiger partial charge in [-0.15, -0.1) is 11.6 Å². The van der Waals surface area contributed by atoms with E-state index >= 15 is 0 Å². The van der Waals surface area contributed by atoms with Crippen molar-refractivity contribution in [1.29, 1.82) is 0 Å². The van der Waals surface area contributed by atoms with Crippen molar-refractivity contribution in [2.75, 3.05) is 5.88 Å². The van der Waals surface area contributed by atoms with E-state index in [0.29, 0.717) is 17.6 Å². The summed E-state index contributed by atoms with van der Waals surface area (Å²) in [5.74, 6) is 1.53. The molecule has 1 fully saturated rings. The van der Waals surface area contributed by atoms with E-state index in [1.165, 1.54) is 0 Å². The second-order valence-corrected chi connectivity index (χ2v) is 2.96. The SMILES string of the molecule is O=C1CCC[C@H](CCl)C1. The van der Waals surface area contributed by atoms with Crippen molar-refractivity contribution in [3.63, 3.8) is 0 Å². The summed E-state index contributed by atoms with van der Waals surface area (Å²) in [7, 11) is 0. The minimum atomic E-state index is 0.395. The van der Waals surface area contributed by atoms with Gasteiger partial charge in [0.2, 0.25) is 0 Å². The van der Waals surface area contributed by atoms with Gasteiger partial charge < -0.3 is 0 Å². The van der Waals surface area contributed by atoms with Crippen LogP contribution in [0.5, 0.6) is 0 Å². The Morgan fingerprint density at radius 1 is 1.67 bits per heavy atom. The number of Topliss-reactive ketones (excluding diaryl/α,β-unsaturated/α-hetero) is 1. The summed E-state index contributed by atoms with van der Waals surface area (Å²) in [6, 6.07) is 0. The third-order valence-corrected chi connectivity index (χ3v) is 2.24. The van der Waals surface area contributed by atoms with E-state index in [1.807, 2.05) is 0 Å². The van der Waals surface area contributed by atoms with Crippen LogP contribution in [-0.4, -0.2) is 11.7 Å². The molecule has 52 valence electrons. The average molecular weight is 147 g/mol. The minimum absolute atomic E-state index is 0.395. The maximum absolute atomic E-state index is 10.8. The summed E-state index contributed by atoms with van der Waals surface area (Å²) in [6.07, 6.45) is 3.71. The van der Waals surface area contributed by atoms with Gasteiger partial charge in [-0.3, -0.25) is 4.79 Å². The lowest BCUT2D eigenvalue weighted by Gasteiger charge is -2.17. The molecule has 0 aromatic rings. The number of carbonyl (C=O) groups is 1. The molecule has 0 heterocycles. The zero-order valence-corrected chi connectivity index (χ0v) is 6.16. The summed E-state index contributed by atoms with van der Waals surface area (Å²) in [5, 5.41) is 0. The van der Waals surface area contributed by atoms with Crippen LogP contribution in [0.2, 0.25) is 0 Å². The predicted molar refractivity (Wildman–Crippen MR) is 37.7 cm³/mol. The summed E-state index contributed by atoms with van der Waals surface area (Å²) < 4.78 is 0. The minimum Gasteiger partial charge on any atom is -0.300 e. The first kappa shape index (κ1) is 7.07. The normalized spacial score (nSPS) is 28.6. The molecule has 0 bridgehead atoms. The average Bonchev–Trinajstić information content (AvgIpc) is 1.88. The number of carbonyl (C=O) groups excluding carboxylic acids is 1. The topological polar surface area (TPSA) is 17.1 Å². The van der Waals surface area contributed by atoms with Gasteiger partial charge in [0.1, 0.15) is 5.78 Å². The Morgan fingerprint density at radius 2 is 2.44 bits per heavy atom. The quantitative estimate of drug-likeness (QED) is 0.517. The summed E-state index contributed by atoms with van der Waals surface area (Å²) in [5.41, 5.74) is 0. The van der Waals surface area contributed by atoms with Crippen molar-refractivity contribution < 1.29 is 4.79 Å². The van der Waals surface area contributed by atoms with Crippen LogP contribution >= 0.6 is 11.6 Å². The highest BCUT2D eigenvalue weighted by Crippen LogP contribution is 2.21. The van der Waals surface area contributed by atoms with E-state index < -0.39 is 0 Å². The van der Waals surface area contributed by atoms with Gasteiger partial charge >= 0.3 is 0 Å². The lowest BCUT2D eigenvalue weighted by Crippen LogP contribution is -2.15. The van der Waals surface area contributed by atoms with Crippen LogP contribution < -0.4 is 0 Å². The molecular formula is C7H11ClO. The van der Waals surface area contributed by atoms with Gasteiger partial charge in [0.25, 0.3) is 0 Å². The van der Waals surface area contributed by atoms with Crippen molar-refractivity contribution in [2.24, 2.45) is 5.92 Å². The van der Waals surface area contributed by atoms with Gasteiger partial charge in [-0.05, 0) is 18.8 Å². The van der Waals surface area contributed by atoms with Crippen LogP contribution in [0.4, 0.5) is 0 Å². The van der Waals surface area contributed by atoms with Crippen molar-refractivity contribution >= 4 is 17.4 Å². The van der Waals surface area contributed by atoms with Crippen molar-refractivity contribution in [3.8, 4) is 0 Å². The first-order chi connectivity index (χ1) is 4.33. The fourth-order valence-corrected chi connectivity index (χ4v) is 1.51. The molecule has 9 heavy (non-hydrogen) atoms. The molecular weight excluding hydrogens is 136 g/mol. The molecule has 0 aliphatic heterocycles. The third-order valence-electron chi connectivity index (χ3n) is 1.80. The third kappa shape index (κ3) is 1.98. The molecule has 0 aromatic heterocycles. The van der Waals surface area contributed by atoms with E-state index in [0.717, 1.165) is 25.7 Å². The first-order valence-corrected chi connectivity index (χ1v) is 3.94. The summed E-state index contributed by atoms with van der Waals surface area (Å²) >= 11 is 5.59. The van der Waals surface area contributed by atoms with E-state index in [2.05, 4.69) is 0 Å². The van der Waals surface area contributed by atoms with E-state index in [9.17, 15) is 4.79 Å². The van der Waals surface area contributed by atoms with Crippen LogP contribution in [0.1, 0.15) is 25.7 Å². The van der Waals surface area contributed by atoms with Crippen LogP contribution in [0, 0.1) is 5.92 Å². The molecule has 0 aromatic carbocycles. The molecule has 0 unspecified atom stereocenters. The maximum Gasteiger partial charge on any atom is 0.133 e. The number of rotatable bonds is 1. The second kappa shape index (κ2) is 3.21. The number of hydrogen-bond donors (Lipinski definition) is 0. The highest BCUT2D eigenvalue weighted by Gasteiger charge is 2.17. The monoisotopic (exact) mass is 146 g/mol. The molecule has 0 spiro atoms. The van der Waals surface area contributed by atoms with Crippen LogP contribution in [0.3, 0.4) is 0 Å². The van der Waals surface area contributed by atoms with Crippen molar-refractivity contribution in [1.82, 2.24) is 0 Å². The number of halogens is 1. The second-order valence-electron chi connectivity index (χ2n) is 2.66. The van der Waals surface area contributed by atoms with Gasteiger partial charge in [-0.2, -0.15) is 0 Å². The van der Waals surface area contributed by atoms with Gasteiger partial charge in [-0.1, -0.05) is 0 Å². The molecule has 1 aliphatic rings. The lowest BCUT2D eigenvalue weighted by molar-refractivity contribution is -0.121. The van der Waals surface area contributed by atoms with E-state index in [1.54, 1.807) is 0 Å². The van der Waals surface area contributed by atoms with Crippen LogP contribution in [0.15, 0.2) is 0 Å². The molecule has 0 saturated heterocycles. The molecule has 1 nitrogen and oxygen atoms in total. The van der Waals surface area contributed by atoms with Crippen LogP contribution in [-0.2, 0) is 4.79 Å². The Labute approximate surface area is 60.4 Å². The van der Waals surface area contributed by atoms with E-state index in [-0.39, 0.29) is 0 Å². The summed E-state index contributed by atoms with van der Waals surface area (Å²) in [6.45, 7) is 0. The highest BCUT2D eigenvalue weighted by atomic mass is 35.5. The first-order valence-electron chi connectivity index (χ1n) is 3.40. The predicted octanol–water partition coefficient (Wildman–Crippen LogP) is 1.98. The Morgan fingerprint density at radius 3 is 2.89 bits per heavy atom. The van der Waals surface area contributed by atoms with Gasteiger partial charge in [0, 0.05) is 18.7 Å². The fraction of sp³-hybridized carbons (Fsp3) is 0.857. The van der Waals surface area contributed by atoms with Gasteiger partial charge in [0.05, 0.1) is 0 Å². The number of ketones is 1. The molecule has 2 heteroatoms. The highest BCUT2D eigenvalue weighted by molar-refractivity contribution is 6.18. The number of hydrogen-bond acceptors (Lipinski definition) is 1. The fourth-order valence-electron chi connectivity index (χ4n) is 1.25. The van der Waals surface area contributed by atoms with Gasteiger partial charge in [-0.25, -0.2) is 0 Å². The molecule has 1 atom stereocenters. The van der Waals surface area contributed by atoms with Crippen molar-refractivity contribution in [2.45, 2.75) is 25.7 Å². The lowest BCUT2D eigenvalue weighted by atomic mass is 9.90. The largest absolute Gasteiger partial charge is 0.300 e. The standard InChI is InChI=1S/C7H11ClO/c8-5-6-2-1-3-7(9)4-6/h6H,1-5H2/t6-/m0/s1. The molecule has 0 amide bonds. The molecule has 0 N–H and O–H groups in total. The van der Waals surface area contributed by atoms with Crippen LogP contribution in [0.25, 0.3) is 0 Å². The summed E-state index contributed by atoms with van der Waals surface area (Å²) in [4.78, 5) is 10.8. The van der Waals surface area contributed by atoms with Gasteiger partial charge in [0.15, 0.2) is 0 Å². The Bertz CT molecular complexity index is 111. The maximum atomic E-state index is 10.8.